The van der Waals surface area contributed by atoms with Gasteiger partial charge in [0.1, 0.15) is 0 Å². The Morgan fingerprint density at radius 3 is 2.17 bits per heavy atom. The molecule has 0 rings (SSSR count). The number of rotatable bonds is 3. The fourth-order valence-corrected chi connectivity index (χ4v) is 0.671. The van der Waals surface area contributed by atoms with Gasteiger partial charge in [-0.3, -0.25) is 0 Å². The van der Waals surface area contributed by atoms with E-state index in [9.17, 15) is 0 Å². The van der Waals surface area contributed by atoms with Crippen LogP contribution in [-0.2, 0) is 16.3 Å². The summed E-state index contributed by atoms with van der Waals surface area (Å²) in [5, 5.41) is 1.23. The summed E-state index contributed by atoms with van der Waals surface area (Å²) in [5.74, 6) is 0. The van der Waals surface area contributed by atoms with Crippen LogP contribution in [-0.4, -0.2) is 0 Å². The molecule has 0 saturated heterocycles. The van der Waals surface area contributed by atoms with Gasteiger partial charge < -0.3 is 0 Å². The molecule has 0 N–H and O–H groups in total. The normalized spacial score (nSPS) is 8.83. The second-order valence-electron chi connectivity index (χ2n) is 1.41. The summed E-state index contributed by atoms with van der Waals surface area (Å²) in [4.78, 5) is 0. The van der Waals surface area contributed by atoms with Crippen LogP contribution in [0.15, 0.2) is 0 Å². The first-order valence-corrected chi connectivity index (χ1v) is 3.40. The minimum absolute atomic E-state index is 1.23. The van der Waals surface area contributed by atoms with Crippen LogP contribution < -0.4 is 0 Å². The second-order valence-corrected chi connectivity index (χ2v) is 2.05. The van der Waals surface area contributed by atoms with Gasteiger partial charge in [0, 0.05) is 0 Å². The van der Waals surface area contributed by atoms with E-state index in [2.05, 4.69) is 23.2 Å². The zero-order valence-corrected chi connectivity index (χ0v) is 5.51. The maximum atomic E-state index is 2.98. The molecule has 0 heterocycles. The molecule has 0 aromatic carbocycles. The van der Waals surface area contributed by atoms with Gasteiger partial charge in [0.15, 0.2) is 0 Å². The van der Waals surface area contributed by atoms with E-state index in [1.54, 1.807) is 0 Å². The SMILES string of the molecule is CCCC[CH2][Cr]. The third-order valence-electron chi connectivity index (χ3n) is 0.748. The Balaban J connectivity index is 2.34. The van der Waals surface area contributed by atoms with Crippen molar-refractivity contribution in [1.82, 2.24) is 0 Å². The number of hydrogen-bond acceptors (Lipinski definition) is 0. The van der Waals surface area contributed by atoms with Gasteiger partial charge in [0.2, 0.25) is 0 Å². The van der Waals surface area contributed by atoms with Gasteiger partial charge in [-0.25, -0.2) is 0 Å². The molecule has 0 unspecified atom stereocenters. The van der Waals surface area contributed by atoms with Gasteiger partial charge in [-0.1, -0.05) is 0 Å². The second kappa shape index (κ2) is 5.53. The van der Waals surface area contributed by atoms with E-state index in [-0.39, 0.29) is 0 Å². The van der Waals surface area contributed by atoms with Crippen LogP contribution in [0.3, 0.4) is 0 Å². The van der Waals surface area contributed by atoms with Gasteiger partial charge in [0.05, 0.1) is 0 Å². The van der Waals surface area contributed by atoms with Crippen molar-refractivity contribution < 1.29 is 16.3 Å². The average Bonchev–Trinajstić information content (AvgIpc) is 1.61. The van der Waals surface area contributed by atoms with Gasteiger partial charge in [-0.2, -0.15) is 0 Å². The first-order chi connectivity index (χ1) is 2.91. The fourth-order valence-electron chi connectivity index (χ4n) is 0.352. The quantitative estimate of drug-likeness (QED) is 0.504. The first kappa shape index (κ1) is 6.53. The zero-order valence-electron chi connectivity index (χ0n) is 4.24. The Bertz CT molecular complexity index is 15.9. The molecule has 0 nitrogen and oxygen atoms in total. The molecule has 0 amide bonds. The van der Waals surface area contributed by atoms with Crippen molar-refractivity contribution in [2.24, 2.45) is 0 Å². The molecule has 0 aliphatic rings. The van der Waals surface area contributed by atoms with Gasteiger partial charge >= 0.3 is 47.8 Å². The van der Waals surface area contributed by atoms with Crippen molar-refractivity contribution in [3.05, 3.63) is 0 Å². The standard InChI is InChI=1S/C5H11.Cr/c1-3-5-4-2;/h1,3-5H2,2H3;. The van der Waals surface area contributed by atoms with Crippen molar-refractivity contribution in [2.75, 3.05) is 0 Å². The van der Waals surface area contributed by atoms with Crippen LogP contribution in [0.5, 0.6) is 0 Å². The zero-order chi connectivity index (χ0) is 4.83. The van der Waals surface area contributed by atoms with Crippen LogP contribution in [0.4, 0.5) is 0 Å². The Kier molecular flexibility index (Phi) is 6.02. The molecular formula is C5H11Cr. The first-order valence-electron chi connectivity index (χ1n) is 2.50. The molecule has 0 atom stereocenters. The molecule has 0 aliphatic carbocycles. The molecule has 1 heteroatoms. The van der Waals surface area contributed by atoms with Crippen molar-refractivity contribution in [3.63, 3.8) is 0 Å². The molecule has 0 aromatic heterocycles. The van der Waals surface area contributed by atoms with E-state index in [1.807, 2.05) is 0 Å². The van der Waals surface area contributed by atoms with Crippen LogP contribution in [0, 0.1) is 0 Å². The Labute approximate surface area is 48.4 Å². The summed E-state index contributed by atoms with van der Waals surface area (Å²) in [6, 6.07) is 0. The molecule has 0 saturated carbocycles. The summed E-state index contributed by atoms with van der Waals surface area (Å²) >= 11 is 2.98. The molecule has 0 spiro atoms. The van der Waals surface area contributed by atoms with E-state index < -0.39 is 0 Å². The Hall–Kier alpha value is 0.532. The summed E-state index contributed by atoms with van der Waals surface area (Å²) in [6.45, 7) is 2.22. The van der Waals surface area contributed by atoms with Crippen molar-refractivity contribution in [1.29, 1.82) is 0 Å². The van der Waals surface area contributed by atoms with E-state index >= 15 is 0 Å². The van der Waals surface area contributed by atoms with Gasteiger partial charge in [-0.15, -0.1) is 0 Å². The monoisotopic (exact) mass is 123 g/mol. The average molecular weight is 123 g/mol. The van der Waals surface area contributed by atoms with E-state index in [0.717, 1.165) is 0 Å². The topological polar surface area (TPSA) is 0 Å². The predicted molar refractivity (Wildman–Crippen MR) is 24.3 cm³/mol. The summed E-state index contributed by atoms with van der Waals surface area (Å²) in [7, 11) is 0. The summed E-state index contributed by atoms with van der Waals surface area (Å²) < 4.78 is 0. The van der Waals surface area contributed by atoms with Crippen LogP contribution in [0.1, 0.15) is 26.2 Å². The molecule has 0 fully saturated rings. The van der Waals surface area contributed by atoms with Gasteiger partial charge in [-0.05, 0) is 0 Å². The molecule has 0 bridgehead atoms. The Morgan fingerprint density at radius 2 is 2.00 bits per heavy atom. The van der Waals surface area contributed by atoms with Gasteiger partial charge in [0.25, 0.3) is 0 Å². The van der Waals surface area contributed by atoms with Crippen molar-refractivity contribution in [3.8, 4) is 0 Å². The molecule has 0 aliphatic heterocycles. The molecule has 0 aromatic rings. The third-order valence-corrected chi connectivity index (χ3v) is 1.20. The fraction of sp³-hybridized carbons (Fsp3) is 1.00. The number of hydrogen-bond donors (Lipinski definition) is 0. The van der Waals surface area contributed by atoms with Crippen molar-refractivity contribution >= 4 is 0 Å². The maximum absolute atomic E-state index is 2.98. The summed E-state index contributed by atoms with van der Waals surface area (Å²) in [5.41, 5.74) is 0. The van der Waals surface area contributed by atoms with Crippen LogP contribution in [0.2, 0.25) is 5.28 Å². The minimum atomic E-state index is 1.23. The van der Waals surface area contributed by atoms with Crippen LogP contribution >= 0.6 is 0 Å². The Morgan fingerprint density at radius 1 is 1.33 bits per heavy atom. The molecular weight excluding hydrogens is 112 g/mol. The summed E-state index contributed by atoms with van der Waals surface area (Å²) in [6.07, 6.45) is 4.07. The third kappa shape index (κ3) is 4.53. The molecule has 0 radical (unpaired) electrons. The van der Waals surface area contributed by atoms with E-state index in [1.165, 1.54) is 24.5 Å². The van der Waals surface area contributed by atoms with Crippen LogP contribution in [0.25, 0.3) is 0 Å². The number of unbranched alkanes of at least 4 members (excludes halogenated alkanes) is 2. The predicted octanol–water partition coefficient (Wildman–Crippen LogP) is 2.14. The van der Waals surface area contributed by atoms with E-state index in [0.29, 0.717) is 0 Å². The van der Waals surface area contributed by atoms with Crippen molar-refractivity contribution in [2.45, 2.75) is 31.5 Å². The molecule has 37 valence electrons. The molecule has 6 heavy (non-hydrogen) atoms. The van der Waals surface area contributed by atoms with E-state index in [4.69, 9.17) is 0 Å².